The molecule has 1 heterocycles. The number of aromatic nitrogens is 1. The summed E-state index contributed by atoms with van der Waals surface area (Å²) in [5.41, 5.74) is 2.94. The Morgan fingerprint density at radius 2 is 2.73 bits per heavy atom. The van der Waals surface area contributed by atoms with Crippen molar-refractivity contribution in [1.29, 1.82) is 0 Å². The van der Waals surface area contributed by atoms with Crippen LogP contribution in [0.5, 0.6) is 0 Å². The lowest BCUT2D eigenvalue weighted by Crippen LogP contribution is -2.22. The van der Waals surface area contributed by atoms with Gasteiger partial charge in [-0.25, -0.2) is 4.98 Å². The number of hydrogen-bond acceptors (Lipinski definition) is 3. The molecule has 0 aliphatic carbocycles. The van der Waals surface area contributed by atoms with Crippen LogP contribution >= 0.6 is 11.3 Å². The lowest BCUT2D eigenvalue weighted by molar-refractivity contribution is 0.626. The van der Waals surface area contributed by atoms with E-state index < -0.39 is 0 Å². The first-order valence-corrected chi connectivity index (χ1v) is 4.50. The van der Waals surface area contributed by atoms with Gasteiger partial charge in [-0.15, -0.1) is 17.9 Å². The van der Waals surface area contributed by atoms with Crippen LogP contribution in [0.4, 0.5) is 0 Å². The van der Waals surface area contributed by atoms with E-state index in [2.05, 4.69) is 23.8 Å². The molecule has 0 saturated heterocycles. The molecule has 11 heavy (non-hydrogen) atoms. The summed E-state index contributed by atoms with van der Waals surface area (Å²) in [5.74, 6) is 0. The first kappa shape index (κ1) is 8.43. The van der Waals surface area contributed by atoms with E-state index in [9.17, 15) is 0 Å². The highest BCUT2D eigenvalue weighted by molar-refractivity contribution is 7.07. The minimum Gasteiger partial charge on any atom is -0.305 e. The van der Waals surface area contributed by atoms with E-state index in [1.165, 1.54) is 0 Å². The zero-order valence-electron chi connectivity index (χ0n) is 6.58. The quantitative estimate of drug-likeness (QED) is 0.693. The second-order valence-corrected chi connectivity index (χ2v) is 3.10. The van der Waals surface area contributed by atoms with Gasteiger partial charge in [-0.1, -0.05) is 6.08 Å². The third-order valence-electron chi connectivity index (χ3n) is 1.44. The monoisotopic (exact) mass is 168 g/mol. The van der Waals surface area contributed by atoms with E-state index in [0.717, 1.165) is 12.2 Å². The van der Waals surface area contributed by atoms with Crippen LogP contribution in [-0.2, 0) is 6.54 Å². The normalized spacial score (nSPS) is 12.8. The van der Waals surface area contributed by atoms with Gasteiger partial charge in [0.1, 0.15) is 0 Å². The van der Waals surface area contributed by atoms with Gasteiger partial charge in [-0.05, 0) is 6.92 Å². The van der Waals surface area contributed by atoms with Crippen LogP contribution in [0.15, 0.2) is 23.5 Å². The fourth-order valence-corrected chi connectivity index (χ4v) is 1.23. The van der Waals surface area contributed by atoms with Crippen LogP contribution in [0.3, 0.4) is 0 Å². The molecule has 0 aliphatic heterocycles. The zero-order valence-corrected chi connectivity index (χ0v) is 7.40. The molecule has 0 saturated carbocycles. The molecule has 0 fully saturated rings. The molecule has 1 unspecified atom stereocenters. The van der Waals surface area contributed by atoms with Gasteiger partial charge < -0.3 is 5.32 Å². The van der Waals surface area contributed by atoms with Gasteiger partial charge in [-0.2, -0.15) is 0 Å². The Balaban J connectivity index is 2.28. The molecule has 60 valence electrons. The summed E-state index contributed by atoms with van der Waals surface area (Å²) in [6.07, 6.45) is 1.88. The molecule has 1 aromatic rings. The predicted octanol–water partition coefficient (Wildman–Crippen LogP) is 1.81. The Morgan fingerprint density at radius 3 is 3.27 bits per heavy atom. The van der Waals surface area contributed by atoms with Gasteiger partial charge in [0, 0.05) is 18.0 Å². The van der Waals surface area contributed by atoms with Gasteiger partial charge in [-0.3, -0.25) is 0 Å². The van der Waals surface area contributed by atoms with E-state index in [4.69, 9.17) is 0 Å². The second-order valence-electron chi connectivity index (χ2n) is 2.39. The number of rotatable bonds is 4. The Hall–Kier alpha value is -0.670. The Bertz CT molecular complexity index is 206. The summed E-state index contributed by atoms with van der Waals surface area (Å²) in [4.78, 5) is 4.14. The maximum atomic E-state index is 4.14. The highest BCUT2D eigenvalue weighted by atomic mass is 32.1. The first-order valence-electron chi connectivity index (χ1n) is 3.56. The maximum absolute atomic E-state index is 4.14. The molecule has 3 heteroatoms. The van der Waals surface area contributed by atoms with Crippen molar-refractivity contribution in [2.24, 2.45) is 0 Å². The molecule has 0 aliphatic rings. The van der Waals surface area contributed by atoms with Crippen molar-refractivity contribution in [2.75, 3.05) is 0 Å². The third-order valence-corrected chi connectivity index (χ3v) is 2.08. The second kappa shape index (κ2) is 4.26. The predicted molar refractivity (Wildman–Crippen MR) is 48.6 cm³/mol. The molecule has 2 nitrogen and oxygen atoms in total. The van der Waals surface area contributed by atoms with Crippen LogP contribution in [0.2, 0.25) is 0 Å². The highest BCUT2D eigenvalue weighted by Crippen LogP contribution is 2.00. The van der Waals surface area contributed by atoms with Crippen LogP contribution in [0, 0.1) is 0 Å². The molecule has 1 rings (SSSR count). The minimum absolute atomic E-state index is 0.358. The molecule has 0 aromatic carbocycles. The van der Waals surface area contributed by atoms with Crippen molar-refractivity contribution >= 4 is 11.3 Å². The van der Waals surface area contributed by atoms with Crippen molar-refractivity contribution in [3.63, 3.8) is 0 Å². The minimum atomic E-state index is 0.358. The molecule has 0 amide bonds. The van der Waals surface area contributed by atoms with E-state index in [1.807, 2.05) is 17.0 Å². The number of nitrogens with zero attached hydrogens (tertiary/aromatic N) is 1. The van der Waals surface area contributed by atoms with Crippen molar-refractivity contribution < 1.29 is 0 Å². The van der Waals surface area contributed by atoms with Crippen LogP contribution in [0.25, 0.3) is 0 Å². The fraction of sp³-hybridized carbons (Fsp3) is 0.375. The van der Waals surface area contributed by atoms with E-state index in [1.54, 1.807) is 11.3 Å². The van der Waals surface area contributed by atoms with Gasteiger partial charge >= 0.3 is 0 Å². The molecular weight excluding hydrogens is 156 g/mol. The van der Waals surface area contributed by atoms with Crippen LogP contribution < -0.4 is 5.32 Å². The Labute approximate surface area is 71.0 Å². The standard InChI is InChI=1S/C8H12N2S/c1-3-7(2)9-4-8-5-11-6-10-8/h3,5-7,9H,1,4H2,2H3. The number of thiazole rings is 1. The van der Waals surface area contributed by atoms with Crippen molar-refractivity contribution in [2.45, 2.75) is 19.5 Å². The largest absolute Gasteiger partial charge is 0.305 e. The number of hydrogen-bond donors (Lipinski definition) is 1. The smallest absolute Gasteiger partial charge is 0.0795 e. The summed E-state index contributed by atoms with van der Waals surface area (Å²) in [6, 6.07) is 0.358. The molecule has 1 N–H and O–H groups in total. The third kappa shape index (κ3) is 2.82. The molecule has 0 spiro atoms. The van der Waals surface area contributed by atoms with E-state index in [0.29, 0.717) is 6.04 Å². The fourth-order valence-electron chi connectivity index (χ4n) is 0.674. The SMILES string of the molecule is C=CC(C)NCc1cscn1. The molecule has 1 aromatic heterocycles. The maximum Gasteiger partial charge on any atom is 0.0795 e. The van der Waals surface area contributed by atoms with Gasteiger partial charge in [0.25, 0.3) is 0 Å². The summed E-state index contributed by atoms with van der Waals surface area (Å²) in [6.45, 7) is 6.58. The van der Waals surface area contributed by atoms with Crippen molar-refractivity contribution in [3.05, 3.63) is 29.2 Å². The summed E-state index contributed by atoms with van der Waals surface area (Å²) < 4.78 is 0. The average molecular weight is 168 g/mol. The lowest BCUT2D eigenvalue weighted by Gasteiger charge is -2.05. The van der Waals surface area contributed by atoms with Gasteiger partial charge in [0.15, 0.2) is 0 Å². The topological polar surface area (TPSA) is 24.9 Å². The molecule has 1 atom stereocenters. The van der Waals surface area contributed by atoms with Crippen molar-refractivity contribution in [1.82, 2.24) is 10.3 Å². The van der Waals surface area contributed by atoms with Crippen LogP contribution in [-0.4, -0.2) is 11.0 Å². The van der Waals surface area contributed by atoms with E-state index >= 15 is 0 Å². The zero-order chi connectivity index (χ0) is 8.10. The summed E-state index contributed by atoms with van der Waals surface area (Å²) >= 11 is 1.62. The Kier molecular flexibility index (Phi) is 3.26. The van der Waals surface area contributed by atoms with Gasteiger partial charge in [0.2, 0.25) is 0 Å². The van der Waals surface area contributed by atoms with E-state index in [-0.39, 0.29) is 0 Å². The number of nitrogens with one attached hydrogen (secondary N) is 1. The molecule has 0 bridgehead atoms. The average Bonchev–Trinajstić information content (AvgIpc) is 2.52. The van der Waals surface area contributed by atoms with Crippen LogP contribution in [0.1, 0.15) is 12.6 Å². The highest BCUT2D eigenvalue weighted by Gasteiger charge is 1.96. The molecule has 0 radical (unpaired) electrons. The summed E-state index contributed by atoms with van der Waals surface area (Å²) in [5, 5.41) is 5.31. The van der Waals surface area contributed by atoms with Gasteiger partial charge in [0.05, 0.1) is 11.2 Å². The first-order chi connectivity index (χ1) is 5.33. The molecular formula is C8H12N2S. The lowest BCUT2D eigenvalue weighted by atomic mass is 10.3. The Morgan fingerprint density at radius 1 is 1.91 bits per heavy atom. The summed E-state index contributed by atoms with van der Waals surface area (Å²) in [7, 11) is 0. The van der Waals surface area contributed by atoms with Crippen molar-refractivity contribution in [3.8, 4) is 0 Å².